The molecule has 4 nitrogen and oxygen atoms in total. The summed E-state index contributed by atoms with van der Waals surface area (Å²) in [6, 6.07) is 7.87. The fourth-order valence-electron chi connectivity index (χ4n) is 3.18. The van der Waals surface area contributed by atoms with Gasteiger partial charge in [-0.15, -0.1) is 11.3 Å². The van der Waals surface area contributed by atoms with Crippen molar-refractivity contribution in [1.82, 2.24) is 0 Å². The quantitative estimate of drug-likeness (QED) is 0.451. The van der Waals surface area contributed by atoms with E-state index < -0.39 is 0 Å². The highest BCUT2D eigenvalue weighted by atomic mass is 32.1. The number of hydrogen-bond acceptors (Lipinski definition) is 5. The minimum absolute atomic E-state index is 0.142. The number of fused-ring (bicyclic) bond motifs is 1. The second-order valence-electron chi connectivity index (χ2n) is 6.74. The highest BCUT2D eigenvalue weighted by Crippen LogP contribution is 2.40. The van der Waals surface area contributed by atoms with Crippen LogP contribution >= 0.6 is 11.3 Å². The fourth-order valence-corrected chi connectivity index (χ4v) is 4.40. The van der Waals surface area contributed by atoms with Crippen molar-refractivity contribution >= 4 is 28.5 Å². The monoisotopic (exact) mass is 385 g/mol. The first-order valence-electron chi connectivity index (χ1n) is 9.75. The third-order valence-corrected chi connectivity index (χ3v) is 5.98. The average Bonchev–Trinajstić information content (AvgIpc) is 3.05. The molecular formula is C22H27NO3S. The topological polar surface area (TPSA) is 47.9 Å². The second kappa shape index (κ2) is 9.18. The number of benzene rings is 1. The van der Waals surface area contributed by atoms with Crippen molar-refractivity contribution in [3.05, 3.63) is 45.8 Å². The van der Waals surface area contributed by atoms with E-state index in [1.807, 2.05) is 31.2 Å². The van der Waals surface area contributed by atoms with Crippen LogP contribution in [0.4, 0.5) is 5.00 Å². The zero-order chi connectivity index (χ0) is 19.2. The largest absolute Gasteiger partial charge is 0.490 e. The van der Waals surface area contributed by atoms with E-state index in [0.717, 1.165) is 47.6 Å². The summed E-state index contributed by atoms with van der Waals surface area (Å²) < 4.78 is 11.3. The average molecular weight is 386 g/mol. The van der Waals surface area contributed by atoms with Crippen molar-refractivity contribution in [1.29, 1.82) is 0 Å². The van der Waals surface area contributed by atoms with Gasteiger partial charge in [-0.05, 0) is 63.6 Å². The van der Waals surface area contributed by atoms with Gasteiger partial charge in [0.2, 0.25) is 0 Å². The molecule has 0 aliphatic heterocycles. The predicted octanol–water partition coefficient (Wildman–Crippen LogP) is 5.73. The standard InChI is InChI=1S/C22H27NO3S/c1-4-15(3)26-18-12-8-6-10-16(18)14-23-21-20(22(24)25-5-2)17-11-7-9-13-19(17)27-21/h6,8,10,12,14-15H,4-5,7,9,11,13H2,1-3H3/t15-/m0/s1. The van der Waals surface area contributed by atoms with Crippen LogP contribution < -0.4 is 4.74 Å². The van der Waals surface area contributed by atoms with E-state index in [1.165, 1.54) is 11.3 Å². The number of aliphatic imine (C=N–C) groups is 1. The Labute approximate surface area is 165 Å². The number of ether oxygens (including phenoxy) is 2. The molecule has 0 radical (unpaired) electrons. The molecule has 0 N–H and O–H groups in total. The third kappa shape index (κ3) is 4.59. The van der Waals surface area contributed by atoms with Gasteiger partial charge in [0.05, 0.1) is 18.3 Å². The number of nitrogens with zero attached hydrogens (tertiary/aromatic N) is 1. The summed E-state index contributed by atoms with van der Waals surface area (Å²) in [6.45, 7) is 6.36. The van der Waals surface area contributed by atoms with Crippen LogP contribution in [-0.4, -0.2) is 24.9 Å². The highest BCUT2D eigenvalue weighted by molar-refractivity contribution is 7.16. The molecule has 0 saturated heterocycles. The van der Waals surface area contributed by atoms with Gasteiger partial charge in [-0.3, -0.25) is 0 Å². The van der Waals surface area contributed by atoms with Gasteiger partial charge in [0.1, 0.15) is 10.8 Å². The molecule has 27 heavy (non-hydrogen) atoms. The van der Waals surface area contributed by atoms with Crippen LogP contribution in [0.15, 0.2) is 29.3 Å². The van der Waals surface area contributed by atoms with Crippen LogP contribution in [0.2, 0.25) is 0 Å². The van der Waals surface area contributed by atoms with Crippen molar-refractivity contribution in [2.75, 3.05) is 6.61 Å². The first kappa shape index (κ1) is 19.6. The molecule has 0 amide bonds. The second-order valence-corrected chi connectivity index (χ2v) is 7.83. The molecule has 1 atom stereocenters. The van der Waals surface area contributed by atoms with Gasteiger partial charge >= 0.3 is 5.97 Å². The zero-order valence-electron chi connectivity index (χ0n) is 16.3. The third-order valence-electron chi connectivity index (χ3n) is 4.78. The van der Waals surface area contributed by atoms with Crippen LogP contribution in [-0.2, 0) is 17.6 Å². The number of carbonyl (C=O) groups is 1. The van der Waals surface area contributed by atoms with Gasteiger partial charge in [0, 0.05) is 16.7 Å². The summed E-state index contributed by atoms with van der Waals surface area (Å²) in [5.41, 5.74) is 2.72. The summed E-state index contributed by atoms with van der Waals surface area (Å²) in [5.74, 6) is 0.558. The van der Waals surface area contributed by atoms with Crippen LogP contribution in [0, 0.1) is 0 Å². The molecule has 2 aromatic rings. The Balaban J connectivity index is 1.94. The summed E-state index contributed by atoms with van der Waals surface area (Å²) >= 11 is 1.62. The lowest BCUT2D eigenvalue weighted by Gasteiger charge is -2.14. The van der Waals surface area contributed by atoms with Gasteiger partial charge in [-0.1, -0.05) is 19.1 Å². The van der Waals surface area contributed by atoms with Crippen molar-refractivity contribution < 1.29 is 14.3 Å². The van der Waals surface area contributed by atoms with Crippen molar-refractivity contribution in [3.8, 4) is 5.75 Å². The van der Waals surface area contributed by atoms with Crippen molar-refractivity contribution in [3.63, 3.8) is 0 Å². The number of rotatable bonds is 7. The Hall–Kier alpha value is -2.14. The molecule has 0 bridgehead atoms. The molecule has 0 spiro atoms. The van der Waals surface area contributed by atoms with Gasteiger partial charge in [-0.25, -0.2) is 9.79 Å². The smallest absolute Gasteiger partial charge is 0.341 e. The molecule has 1 aromatic carbocycles. The molecule has 5 heteroatoms. The van der Waals surface area contributed by atoms with Gasteiger partial charge in [0.25, 0.3) is 0 Å². The van der Waals surface area contributed by atoms with Gasteiger partial charge < -0.3 is 9.47 Å². The van der Waals surface area contributed by atoms with E-state index in [4.69, 9.17) is 14.5 Å². The lowest BCUT2D eigenvalue weighted by molar-refractivity contribution is 0.0526. The lowest BCUT2D eigenvalue weighted by atomic mass is 9.95. The Kier molecular flexibility index (Phi) is 6.67. The molecule has 1 aromatic heterocycles. The van der Waals surface area contributed by atoms with E-state index in [1.54, 1.807) is 17.6 Å². The van der Waals surface area contributed by atoms with E-state index in [2.05, 4.69) is 13.8 Å². The van der Waals surface area contributed by atoms with Crippen LogP contribution in [0.25, 0.3) is 0 Å². The van der Waals surface area contributed by atoms with Crippen LogP contribution in [0.3, 0.4) is 0 Å². The van der Waals surface area contributed by atoms with E-state index in [-0.39, 0.29) is 12.1 Å². The van der Waals surface area contributed by atoms with E-state index in [9.17, 15) is 4.79 Å². The Bertz CT molecular complexity index is 825. The molecule has 0 saturated carbocycles. The Morgan fingerprint density at radius 1 is 1.26 bits per heavy atom. The molecule has 144 valence electrons. The maximum Gasteiger partial charge on any atom is 0.341 e. The van der Waals surface area contributed by atoms with Crippen molar-refractivity contribution in [2.45, 2.75) is 59.0 Å². The summed E-state index contributed by atoms with van der Waals surface area (Å²) in [7, 11) is 0. The Morgan fingerprint density at radius 2 is 2.04 bits per heavy atom. The number of hydrogen-bond donors (Lipinski definition) is 0. The first-order chi connectivity index (χ1) is 13.1. The highest BCUT2D eigenvalue weighted by Gasteiger charge is 2.26. The predicted molar refractivity (Wildman–Crippen MR) is 111 cm³/mol. The number of thiophene rings is 1. The maximum atomic E-state index is 12.5. The minimum atomic E-state index is -0.256. The lowest BCUT2D eigenvalue weighted by Crippen LogP contribution is -2.11. The van der Waals surface area contributed by atoms with Crippen molar-refractivity contribution in [2.24, 2.45) is 4.99 Å². The number of esters is 1. The first-order valence-corrected chi connectivity index (χ1v) is 10.6. The molecule has 1 aliphatic carbocycles. The molecule has 1 heterocycles. The molecule has 1 aliphatic rings. The van der Waals surface area contributed by atoms with Crippen LogP contribution in [0.5, 0.6) is 5.75 Å². The normalized spacial score (nSPS) is 14.8. The maximum absolute atomic E-state index is 12.5. The number of para-hydroxylation sites is 1. The summed E-state index contributed by atoms with van der Waals surface area (Å²) in [4.78, 5) is 18.5. The van der Waals surface area contributed by atoms with E-state index >= 15 is 0 Å². The zero-order valence-corrected chi connectivity index (χ0v) is 17.1. The molecule has 3 rings (SSSR count). The van der Waals surface area contributed by atoms with E-state index in [0.29, 0.717) is 12.2 Å². The summed E-state index contributed by atoms with van der Waals surface area (Å²) in [5, 5.41) is 0.749. The number of carbonyl (C=O) groups excluding carboxylic acids is 1. The minimum Gasteiger partial charge on any atom is -0.490 e. The molecule has 0 unspecified atom stereocenters. The van der Waals surface area contributed by atoms with Gasteiger partial charge in [-0.2, -0.15) is 0 Å². The summed E-state index contributed by atoms with van der Waals surface area (Å²) in [6.07, 6.45) is 7.13. The van der Waals surface area contributed by atoms with Gasteiger partial charge in [0.15, 0.2) is 0 Å². The molecule has 0 fully saturated rings. The Morgan fingerprint density at radius 3 is 2.81 bits per heavy atom. The number of aryl methyl sites for hydroxylation is 1. The van der Waals surface area contributed by atoms with Crippen LogP contribution in [0.1, 0.15) is 66.4 Å². The molecular weight excluding hydrogens is 358 g/mol. The SMILES string of the molecule is CCOC(=O)c1c(N=Cc2ccccc2O[C@@H](C)CC)sc2c1CCCC2. The fraction of sp³-hybridized carbons (Fsp3) is 0.455.